The van der Waals surface area contributed by atoms with E-state index in [0.29, 0.717) is 11.7 Å². The van der Waals surface area contributed by atoms with Crippen molar-refractivity contribution in [2.75, 3.05) is 41.5 Å². The highest BCUT2D eigenvalue weighted by Crippen LogP contribution is 2.37. The van der Waals surface area contributed by atoms with Gasteiger partial charge in [0.05, 0.1) is 24.7 Å². The van der Waals surface area contributed by atoms with E-state index in [1.165, 1.54) is 11.8 Å². The summed E-state index contributed by atoms with van der Waals surface area (Å²) in [6.45, 7) is 4.60. The number of thioether (sulfide) groups is 1. The maximum absolute atomic E-state index is 13.4. The Morgan fingerprint density at radius 1 is 1.16 bits per heavy atom. The summed E-state index contributed by atoms with van der Waals surface area (Å²) in [6, 6.07) is 15.1. The van der Waals surface area contributed by atoms with Crippen molar-refractivity contribution in [1.82, 2.24) is 0 Å². The number of sulfone groups is 1. The molecule has 2 aliphatic rings. The molecule has 0 spiro atoms. The fraction of sp³-hybridized carbons (Fsp3) is 0.391. The number of fused-ring (bicyclic) bond motifs is 1. The number of hydrogen-bond donors (Lipinski definition) is 0. The normalized spacial score (nSPS) is 21.0. The summed E-state index contributed by atoms with van der Waals surface area (Å²) in [4.78, 5) is 21.8. The number of rotatable bonds is 6. The van der Waals surface area contributed by atoms with Gasteiger partial charge < -0.3 is 14.5 Å². The van der Waals surface area contributed by atoms with Gasteiger partial charge in [-0.05, 0) is 55.8 Å². The van der Waals surface area contributed by atoms with Crippen molar-refractivity contribution in [1.29, 1.82) is 0 Å². The Labute approximate surface area is 193 Å². The van der Waals surface area contributed by atoms with E-state index in [0.717, 1.165) is 22.7 Å². The fourth-order valence-electron chi connectivity index (χ4n) is 4.02. The Morgan fingerprint density at radius 2 is 1.91 bits per heavy atom. The number of aryl methyl sites for hydroxylation is 1. The first-order valence-corrected chi connectivity index (χ1v) is 13.2. The Balaban J connectivity index is 1.63. The molecule has 0 radical (unpaired) electrons. The minimum absolute atomic E-state index is 0.0538. The molecule has 0 aromatic heterocycles. The van der Waals surface area contributed by atoms with Crippen LogP contribution in [0.15, 0.2) is 53.5 Å². The minimum atomic E-state index is -3.05. The van der Waals surface area contributed by atoms with Gasteiger partial charge in [0.25, 0.3) is 0 Å². The Hall–Kier alpha value is -2.52. The second-order valence-electron chi connectivity index (χ2n) is 7.97. The molecular weight excluding hydrogens is 446 g/mol. The number of nitrogens with zero attached hydrogens (tertiary/aromatic N) is 3. The molecule has 2 aliphatic heterocycles. The third-order valence-electron chi connectivity index (χ3n) is 5.64. The number of carbonyl (C=O) groups is 1. The van der Waals surface area contributed by atoms with Crippen molar-refractivity contribution in [3.05, 3.63) is 54.1 Å². The molecule has 0 saturated carbocycles. The summed E-state index contributed by atoms with van der Waals surface area (Å²) in [7, 11) is -1.44. The summed E-state index contributed by atoms with van der Waals surface area (Å²) in [5.41, 5.74) is 2.76. The van der Waals surface area contributed by atoms with E-state index >= 15 is 0 Å². The van der Waals surface area contributed by atoms with Gasteiger partial charge in [-0.25, -0.2) is 8.42 Å². The number of carbonyl (C=O) groups excluding carboxylic acids is 1. The van der Waals surface area contributed by atoms with E-state index in [-0.39, 0.29) is 35.2 Å². The first kappa shape index (κ1) is 22.7. The highest BCUT2D eigenvalue weighted by atomic mass is 32.2. The summed E-state index contributed by atoms with van der Waals surface area (Å²) in [5, 5.41) is 0.596. The molecule has 1 fully saturated rings. The SMILES string of the molecule is CCN(C(=O)CN(C1=N[C@@H]2CS(=O)(=O)C[C@@H]2S1)c1ccc(OC)cc1)c1cccc(C)c1. The molecule has 0 aliphatic carbocycles. The second kappa shape index (κ2) is 9.15. The van der Waals surface area contributed by atoms with Crippen LogP contribution in [0.4, 0.5) is 11.4 Å². The van der Waals surface area contributed by atoms with Gasteiger partial charge in [-0.2, -0.15) is 0 Å². The molecule has 9 heteroatoms. The van der Waals surface area contributed by atoms with Crippen LogP contribution < -0.4 is 14.5 Å². The minimum Gasteiger partial charge on any atom is -0.497 e. The smallest absolute Gasteiger partial charge is 0.247 e. The van der Waals surface area contributed by atoms with Crippen LogP contribution in [0.1, 0.15) is 12.5 Å². The molecule has 2 aromatic carbocycles. The largest absolute Gasteiger partial charge is 0.497 e. The number of ether oxygens (including phenoxy) is 1. The molecule has 32 heavy (non-hydrogen) atoms. The third kappa shape index (κ3) is 4.78. The standard InChI is InChI=1S/C23H27N3O4S2/c1-4-25(18-7-5-6-16(2)12-18)22(27)13-26(17-8-10-19(30-3)11-9-17)23-24-20-14-32(28,29)15-21(20)31-23/h5-12,20-21H,4,13-15H2,1-3H3/t20-,21+/m1/s1. The average molecular weight is 474 g/mol. The van der Waals surface area contributed by atoms with Crippen molar-refractivity contribution in [2.45, 2.75) is 25.1 Å². The molecule has 2 aromatic rings. The van der Waals surface area contributed by atoms with E-state index in [1.54, 1.807) is 12.0 Å². The van der Waals surface area contributed by atoms with E-state index in [1.807, 2.05) is 67.3 Å². The van der Waals surface area contributed by atoms with Crippen LogP contribution >= 0.6 is 11.8 Å². The molecule has 170 valence electrons. The summed E-state index contributed by atoms with van der Waals surface area (Å²) in [6.07, 6.45) is 0. The first-order chi connectivity index (χ1) is 15.3. The van der Waals surface area contributed by atoms with Gasteiger partial charge in [-0.1, -0.05) is 23.9 Å². The molecule has 4 rings (SSSR count). The molecule has 0 bridgehead atoms. The lowest BCUT2D eigenvalue weighted by atomic mass is 10.2. The zero-order chi connectivity index (χ0) is 22.9. The molecule has 2 atom stereocenters. The van der Waals surface area contributed by atoms with E-state index in [2.05, 4.69) is 0 Å². The van der Waals surface area contributed by atoms with E-state index in [4.69, 9.17) is 9.73 Å². The van der Waals surface area contributed by atoms with Crippen LogP contribution in [-0.2, 0) is 14.6 Å². The highest BCUT2D eigenvalue weighted by molar-refractivity contribution is 8.15. The molecule has 0 unspecified atom stereocenters. The van der Waals surface area contributed by atoms with Gasteiger partial charge in [-0.15, -0.1) is 0 Å². The van der Waals surface area contributed by atoms with Gasteiger partial charge in [0.1, 0.15) is 12.3 Å². The van der Waals surface area contributed by atoms with Crippen molar-refractivity contribution in [3.8, 4) is 5.75 Å². The molecule has 7 nitrogen and oxygen atoms in total. The van der Waals surface area contributed by atoms with Gasteiger partial charge in [-0.3, -0.25) is 9.79 Å². The van der Waals surface area contributed by atoms with Crippen LogP contribution in [0.3, 0.4) is 0 Å². The topological polar surface area (TPSA) is 79.3 Å². The summed E-state index contributed by atoms with van der Waals surface area (Å²) < 4.78 is 29.2. The quantitative estimate of drug-likeness (QED) is 0.641. The van der Waals surface area contributed by atoms with Gasteiger partial charge >= 0.3 is 0 Å². The maximum atomic E-state index is 13.4. The average Bonchev–Trinajstić information content (AvgIpc) is 3.26. The maximum Gasteiger partial charge on any atom is 0.247 e. The molecule has 1 amide bonds. The number of benzene rings is 2. The molecular formula is C23H27N3O4S2. The number of amidine groups is 1. The molecule has 2 heterocycles. The van der Waals surface area contributed by atoms with Crippen LogP contribution in [0, 0.1) is 6.92 Å². The second-order valence-corrected chi connectivity index (χ2v) is 11.3. The third-order valence-corrected chi connectivity index (χ3v) is 8.89. The van der Waals surface area contributed by atoms with Crippen molar-refractivity contribution < 1.29 is 17.9 Å². The predicted molar refractivity (Wildman–Crippen MR) is 131 cm³/mol. The van der Waals surface area contributed by atoms with Crippen LogP contribution in [0.25, 0.3) is 0 Å². The van der Waals surface area contributed by atoms with Crippen molar-refractivity contribution >= 4 is 44.0 Å². The number of aliphatic imine (C=N–C) groups is 1. The number of hydrogen-bond acceptors (Lipinski definition) is 7. The van der Waals surface area contributed by atoms with E-state index in [9.17, 15) is 13.2 Å². The van der Waals surface area contributed by atoms with Crippen LogP contribution in [-0.4, -0.2) is 62.5 Å². The number of methoxy groups -OCH3 is 1. The lowest BCUT2D eigenvalue weighted by molar-refractivity contribution is -0.117. The Morgan fingerprint density at radius 3 is 2.53 bits per heavy atom. The molecule has 0 N–H and O–H groups in total. The Bertz CT molecular complexity index is 1130. The summed E-state index contributed by atoms with van der Waals surface area (Å²) >= 11 is 1.45. The number of amides is 1. The zero-order valence-electron chi connectivity index (χ0n) is 18.4. The van der Waals surface area contributed by atoms with Crippen LogP contribution in [0.5, 0.6) is 5.75 Å². The van der Waals surface area contributed by atoms with Gasteiger partial charge in [0.2, 0.25) is 5.91 Å². The Kier molecular flexibility index (Phi) is 6.48. The van der Waals surface area contributed by atoms with Gasteiger partial charge in [0, 0.05) is 23.2 Å². The highest BCUT2D eigenvalue weighted by Gasteiger charge is 2.44. The monoisotopic (exact) mass is 473 g/mol. The zero-order valence-corrected chi connectivity index (χ0v) is 20.0. The molecule has 1 saturated heterocycles. The van der Waals surface area contributed by atoms with Crippen LogP contribution in [0.2, 0.25) is 0 Å². The first-order valence-electron chi connectivity index (χ1n) is 10.5. The fourth-order valence-corrected chi connectivity index (χ4v) is 7.80. The number of anilines is 2. The van der Waals surface area contributed by atoms with Gasteiger partial charge in [0.15, 0.2) is 15.0 Å². The lowest BCUT2D eigenvalue weighted by Gasteiger charge is -2.28. The van der Waals surface area contributed by atoms with Crippen molar-refractivity contribution in [2.24, 2.45) is 4.99 Å². The summed E-state index contributed by atoms with van der Waals surface area (Å²) in [5.74, 6) is 0.869. The van der Waals surface area contributed by atoms with E-state index < -0.39 is 9.84 Å². The predicted octanol–water partition coefficient (Wildman–Crippen LogP) is 3.13. The van der Waals surface area contributed by atoms with Crippen molar-refractivity contribution in [3.63, 3.8) is 0 Å². The lowest BCUT2D eigenvalue weighted by Crippen LogP contribution is -2.42. The number of likely N-dealkylation sites (N-methyl/N-ethyl adjacent to an activating group) is 1.